The summed E-state index contributed by atoms with van der Waals surface area (Å²) < 4.78 is 5.07. The van der Waals surface area contributed by atoms with Gasteiger partial charge in [-0.15, -0.1) is 0 Å². The van der Waals surface area contributed by atoms with Crippen molar-refractivity contribution in [2.24, 2.45) is 0 Å². The van der Waals surface area contributed by atoms with E-state index in [1.54, 1.807) is 13.8 Å². The summed E-state index contributed by atoms with van der Waals surface area (Å²) in [5.74, 6) is -0.672. The van der Waals surface area contributed by atoms with Crippen LogP contribution in [-0.4, -0.2) is 22.5 Å². The van der Waals surface area contributed by atoms with E-state index in [1.807, 2.05) is 36.4 Å². The summed E-state index contributed by atoms with van der Waals surface area (Å²) in [6.07, 6.45) is 0. The van der Waals surface area contributed by atoms with Crippen molar-refractivity contribution in [3.63, 3.8) is 0 Å². The normalized spacial score (nSPS) is 12.1. The lowest BCUT2D eigenvalue weighted by atomic mass is 10.1. The Balaban J connectivity index is 4.62. The molecule has 15 heavy (non-hydrogen) atoms. The van der Waals surface area contributed by atoms with Crippen molar-refractivity contribution < 1.29 is 14.3 Å². The van der Waals surface area contributed by atoms with Gasteiger partial charge in [0.2, 0.25) is 5.91 Å². The molecule has 0 unspecified atom stereocenters. The summed E-state index contributed by atoms with van der Waals surface area (Å²) in [5.41, 5.74) is 0.753. The maximum Gasteiger partial charge on any atom is 0.334 e. The van der Waals surface area contributed by atoms with Crippen molar-refractivity contribution in [1.29, 1.82) is 0 Å². The van der Waals surface area contributed by atoms with Gasteiger partial charge in [-0.25, -0.2) is 4.79 Å². The van der Waals surface area contributed by atoms with Gasteiger partial charge in [0.1, 0.15) is 4.61 Å². The third-order valence-electron chi connectivity index (χ3n) is 1.81. The molecule has 0 bridgehead atoms. The predicted octanol–water partition coefficient (Wildman–Crippen LogP) is 1.78. The summed E-state index contributed by atoms with van der Waals surface area (Å²) in [5, 5.41) is 2.71. The molecular formula is C10H16INO3. The lowest BCUT2D eigenvalue weighted by Crippen LogP contribution is -2.31. The third-order valence-corrected chi connectivity index (χ3v) is 2.13. The Bertz CT molecular complexity index is 284. The lowest BCUT2D eigenvalue weighted by Gasteiger charge is -2.10. The van der Waals surface area contributed by atoms with Gasteiger partial charge < -0.3 is 10.1 Å². The summed E-state index contributed by atoms with van der Waals surface area (Å²) in [7, 11) is 0. The smallest absolute Gasteiger partial charge is 0.334 e. The average Bonchev–Trinajstić information content (AvgIpc) is 2.14. The zero-order valence-corrected chi connectivity index (χ0v) is 11.5. The first-order chi connectivity index (χ1) is 6.90. The van der Waals surface area contributed by atoms with E-state index in [0.717, 1.165) is 0 Å². The molecule has 4 nitrogen and oxygen atoms in total. The SMILES string of the molecule is C/C(C(=O)NC(C)C)=C(/C)C(=O)OCI. The molecule has 0 atom stereocenters. The van der Waals surface area contributed by atoms with E-state index in [-0.39, 0.29) is 16.6 Å². The number of hydrogen-bond acceptors (Lipinski definition) is 3. The number of ether oxygens (including phenoxy) is 1. The average molecular weight is 325 g/mol. The molecule has 5 heteroatoms. The maximum atomic E-state index is 11.5. The summed E-state index contributed by atoms with van der Waals surface area (Å²) in [6.45, 7) is 6.93. The number of hydrogen-bond donors (Lipinski definition) is 1. The van der Waals surface area contributed by atoms with Gasteiger partial charge in [-0.1, -0.05) is 0 Å². The minimum Gasteiger partial charge on any atom is -0.452 e. The highest BCUT2D eigenvalue weighted by molar-refractivity contribution is 14.1. The molecule has 0 spiro atoms. The minimum atomic E-state index is -0.444. The van der Waals surface area contributed by atoms with Crippen molar-refractivity contribution in [2.45, 2.75) is 33.7 Å². The molecule has 0 aromatic carbocycles. The second-order valence-electron chi connectivity index (χ2n) is 3.42. The first-order valence-corrected chi connectivity index (χ1v) is 6.14. The number of carbonyl (C=O) groups excluding carboxylic acids is 2. The molecule has 0 heterocycles. The molecule has 86 valence electrons. The third kappa shape index (κ3) is 5.15. The molecule has 0 aromatic heterocycles. The van der Waals surface area contributed by atoms with E-state index in [9.17, 15) is 9.59 Å². The van der Waals surface area contributed by atoms with Crippen LogP contribution in [0.3, 0.4) is 0 Å². The first-order valence-electron chi connectivity index (χ1n) is 4.61. The summed E-state index contributed by atoms with van der Waals surface area (Å²) >= 11 is 1.93. The van der Waals surface area contributed by atoms with Crippen molar-refractivity contribution >= 4 is 34.5 Å². The monoisotopic (exact) mass is 325 g/mol. The van der Waals surface area contributed by atoms with E-state index >= 15 is 0 Å². The molecule has 1 amide bonds. The van der Waals surface area contributed by atoms with Crippen LogP contribution in [0.4, 0.5) is 0 Å². The quantitative estimate of drug-likeness (QED) is 0.371. The highest BCUT2D eigenvalue weighted by Crippen LogP contribution is 2.06. The van der Waals surface area contributed by atoms with Crippen LogP contribution in [0.1, 0.15) is 27.7 Å². The molecule has 0 aromatic rings. The molecule has 0 saturated heterocycles. The molecule has 0 aliphatic rings. The van der Waals surface area contributed by atoms with Gasteiger partial charge in [-0.3, -0.25) is 4.79 Å². The highest BCUT2D eigenvalue weighted by atomic mass is 127. The molecule has 1 N–H and O–H groups in total. The van der Waals surface area contributed by atoms with Crippen LogP contribution in [-0.2, 0) is 14.3 Å². The Morgan fingerprint density at radius 2 is 1.80 bits per heavy atom. The zero-order chi connectivity index (χ0) is 12.0. The lowest BCUT2D eigenvalue weighted by molar-refractivity contribution is -0.136. The largest absolute Gasteiger partial charge is 0.452 e. The molecule has 0 aliphatic heterocycles. The minimum absolute atomic E-state index is 0.0563. The number of esters is 1. The van der Waals surface area contributed by atoms with E-state index in [2.05, 4.69) is 5.32 Å². The fourth-order valence-corrected chi connectivity index (χ4v) is 1.13. The molecule has 0 aliphatic carbocycles. The van der Waals surface area contributed by atoms with Gasteiger partial charge in [-0.2, -0.15) is 0 Å². The van der Waals surface area contributed by atoms with E-state index < -0.39 is 5.97 Å². The van der Waals surface area contributed by atoms with Crippen LogP contribution in [0.25, 0.3) is 0 Å². The van der Waals surface area contributed by atoms with Gasteiger partial charge in [0.15, 0.2) is 0 Å². The number of amides is 1. The summed E-state index contributed by atoms with van der Waals surface area (Å²) in [6, 6.07) is 0.0563. The standard InChI is InChI=1S/C10H16INO3/c1-6(2)12-9(13)7(3)8(4)10(14)15-5-11/h6H,5H2,1-4H3,(H,12,13)/b8-7+. The second-order valence-corrected chi connectivity index (χ2v) is 4.04. The Hall–Kier alpha value is -0.590. The first kappa shape index (κ1) is 14.4. The molecule has 0 radical (unpaired) electrons. The highest BCUT2D eigenvalue weighted by Gasteiger charge is 2.14. The molecule has 0 rings (SSSR count). The molecule has 0 saturated carbocycles. The fraction of sp³-hybridized carbons (Fsp3) is 0.600. The molecule has 0 fully saturated rings. The Morgan fingerprint density at radius 1 is 1.27 bits per heavy atom. The van der Waals surface area contributed by atoms with Crippen LogP contribution >= 0.6 is 22.6 Å². The number of carbonyl (C=O) groups is 2. The Labute approximate surface area is 104 Å². The van der Waals surface area contributed by atoms with Gasteiger partial charge in [0, 0.05) is 17.2 Å². The number of rotatable bonds is 4. The topological polar surface area (TPSA) is 55.4 Å². The van der Waals surface area contributed by atoms with Crippen molar-refractivity contribution in [2.75, 3.05) is 4.61 Å². The van der Waals surface area contributed by atoms with E-state index in [0.29, 0.717) is 11.1 Å². The van der Waals surface area contributed by atoms with E-state index in [1.165, 1.54) is 0 Å². The predicted molar refractivity (Wildman–Crippen MR) is 66.6 cm³/mol. The van der Waals surface area contributed by atoms with Crippen LogP contribution in [0.2, 0.25) is 0 Å². The Morgan fingerprint density at radius 3 is 2.20 bits per heavy atom. The second kappa shape index (κ2) is 6.81. The van der Waals surface area contributed by atoms with Crippen molar-refractivity contribution in [3.05, 3.63) is 11.1 Å². The van der Waals surface area contributed by atoms with Gasteiger partial charge in [0.05, 0.1) is 0 Å². The maximum absolute atomic E-state index is 11.5. The van der Waals surface area contributed by atoms with Crippen LogP contribution in [0.5, 0.6) is 0 Å². The molecular weight excluding hydrogens is 309 g/mol. The van der Waals surface area contributed by atoms with Crippen LogP contribution in [0.15, 0.2) is 11.1 Å². The number of nitrogens with one attached hydrogen (secondary N) is 1. The number of halogens is 1. The van der Waals surface area contributed by atoms with Crippen LogP contribution in [0, 0.1) is 0 Å². The van der Waals surface area contributed by atoms with Crippen molar-refractivity contribution in [3.8, 4) is 0 Å². The fourth-order valence-electron chi connectivity index (χ4n) is 0.852. The zero-order valence-electron chi connectivity index (χ0n) is 9.39. The number of alkyl halides is 1. The Kier molecular flexibility index (Phi) is 6.55. The van der Waals surface area contributed by atoms with Crippen molar-refractivity contribution in [1.82, 2.24) is 5.32 Å². The van der Waals surface area contributed by atoms with Gasteiger partial charge >= 0.3 is 5.97 Å². The van der Waals surface area contributed by atoms with Gasteiger partial charge in [0.25, 0.3) is 0 Å². The van der Waals surface area contributed by atoms with Gasteiger partial charge in [-0.05, 0) is 50.3 Å². The van der Waals surface area contributed by atoms with E-state index in [4.69, 9.17) is 4.74 Å². The summed E-state index contributed by atoms with van der Waals surface area (Å²) in [4.78, 5) is 22.8. The van der Waals surface area contributed by atoms with Crippen LogP contribution < -0.4 is 5.32 Å².